The number of nitro benzene ring substituents is 1. The lowest BCUT2D eigenvalue weighted by Gasteiger charge is -2.13. The maximum Gasteiger partial charge on any atom is 0.293 e. The molecule has 0 atom stereocenters. The molecule has 144 valence electrons. The number of fused-ring (bicyclic) bond motifs is 1. The summed E-state index contributed by atoms with van der Waals surface area (Å²) in [7, 11) is 0. The first-order chi connectivity index (χ1) is 13.9. The van der Waals surface area contributed by atoms with Gasteiger partial charge in [-0.15, -0.1) is 0 Å². The number of nitrogens with zero attached hydrogens (tertiary/aromatic N) is 2. The van der Waals surface area contributed by atoms with Crippen LogP contribution in [0.25, 0.3) is 16.8 Å². The Morgan fingerprint density at radius 2 is 1.79 bits per heavy atom. The molecule has 1 aliphatic rings. The maximum absolute atomic E-state index is 12.7. The number of rotatable bonds is 4. The number of nitro groups is 1. The molecule has 0 unspecified atom stereocenters. The summed E-state index contributed by atoms with van der Waals surface area (Å²) in [5.74, 6) is -0.425. The monoisotopic (exact) mass is 424 g/mol. The Morgan fingerprint density at radius 1 is 1.03 bits per heavy atom. The molecule has 2 amide bonds. The highest BCUT2D eigenvalue weighted by Gasteiger charge is 2.35. The van der Waals surface area contributed by atoms with E-state index in [4.69, 9.17) is 11.6 Å². The molecule has 3 aromatic rings. The Hall–Kier alpha value is -3.16. The molecule has 3 aromatic carbocycles. The minimum Gasteiger partial charge on any atom is -0.268 e. The van der Waals surface area contributed by atoms with Crippen molar-refractivity contribution >= 4 is 57.0 Å². The van der Waals surface area contributed by atoms with Crippen LogP contribution in [0.5, 0.6) is 0 Å². The van der Waals surface area contributed by atoms with Crippen molar-refractivity contribution in [2.75, 3.05) is 0 Å². The molecule has 0 spiro atoms. The summed E-state index contributed by atoms with van der Waals surface area (Å²) in [6, 6.07) is 17.9. The Labute approximate surface area is 174 Å². The average Bonchev–Trinajstić information content (AvgIpc) is 2.96. The van der Waals surface area contributed by atoms with Gasteiger partial charge in [0.1, 0.15) is 5.02 Å². The number of carbonyl (C=O) groups excluding carboxylic acids is 2. The van der Waals surface area contributed by atoms with E-state index in [0.717, 1.165) is 28.1 Å². The summed E-state index contributed by atoms with van der Waals surface area (Å²) in [6.07, 6.45) is 1.47. The number of benzene rings is 3. The molecule has 0 aromatic heterocycles. The molecule has 29 heavy (non-hydrogen) atoms. The van der Waals surface area contributed by atoms with Crippen molar-refractivity contribution in [1.82, 2.24) is 4.90 Å². The number of hydrogen-bond acceptors (Lipinski definition) is 5. The van der Waals surface area contributed by atoms with Gasteiger partial charge in [-0.3, -0.25) is 24.6 Å². The Balaban J connectivity index is 1.59. The van der Waals surface area contributed by atoms with Crippen LogP contribution in [0.15, 0.2) is 65.6 Å². The Morgan fingerprint density at radius 3 is 2.55 bits per heavy atom. The summed E-state index contributed by atoms with van der Waals surface area (Å²) in [6.45, 7) is 0.160. The lowest BCUT2D eigenvalue weighted by Crippen LogP contribution is -2.27. The van der Waals surface area contributed by atoms with Gasteiger partial charge in [0.05, 0.1) is 16.4 Å². The minimum absolute atomic E-state index is 0.0107. The summed E-state index contributed by atoms with van der Waals surface area (Å²) < 4.78 is 0. The van der Waals surface area contributed by atoms with Crippen molar-refractivity contribution in [2.45, 2.75) is 6.54 Å². The van der Waals surface area contributed by atoms with E-state index in [0.29, 0.717) is 5.56 Å². The van der Waals surface area contributed by atoms with Gasteiger partial charge >= 0.3 is 0 Å². The quantitative estimate of drug-likeness (QED) is 0.307. The van der Waals surface area contributed by atoms with E-state index in [2.05, 4.69) is 0 Å². The van der Waals surface area contributed by atoms with Gasteiger partial charge < -0.3 is 0 Å². The molecular weight excluding hydrogens is 412 g/mol. The fourth-order valence-electron chi connectivity index (χ4n) is 3.07. The number of thioether (sulfide) groups is 1. The first-order valence-electron chi connectivity index (χ1n) is 8.59. The zero-order valence-corrected chi connectivity index (χ0v) is 16.4. The number of amides is 2. The molecule has 1 heterocycles. The van der Waals surface area contributed by atoms with Crippen LogP contribution in [0.1, 0.15) is 11.1 Å². The molecule has 4 rings (SSSR count). The van der Waals surface area contributed by atoms with Gasteiger partial charge in [-0.1, -0.05) is 54.1 Å². The molecular formula is C21H13ClN2O4S. The second-order valence-electron chi connectivity index (χ2n) is 6.42. The maximum atomic E-state index is 12.7. The van der Waals surface area contributed by atoms with Crippen molar-refractivity contribution < 1.29 is 14.5 Å². The third-order valence-corrected chi connectivity index (χ3v) is 5.72. The highest BCUT2D eigenvalue weighted by atomic mass is 35.5. The molecule has 0 radical (unpaired) electrons. The first kappa shape index (κ1) is 19.2. The van der Waals surface area contributed by atoms with E-state index >= 15 is 0 Å². The molecule has 1 saturated heterocycles. The van der Waals surface area contributed by atoms with E-state index in [-0.39, 0.29) is 27.4 Å². The van der Waals surface area contributed by atoms with Crippen LogP contribution in [-0.4, -0.2) is 21.0 Å². The molecule has 8 heteroatoms. The number of imide groups is 1. The van der Waals surface area contributed by atoms with Crippen LogP contribution in [0.3, 0.4) is 0 Å². The second kappa shape index (κ2) is 7.69. The SMILES string of the molecule is O=C1S/C(=C/c2ccc(Cl)c([N+](=O)[O-])c2)C(=O)N1Cc1ccc2ccccc2c1. The van der Waals surface area contributed by atoms with Crippen LogP contribution < -0.4 is 0 Å². The highest BCUT2D eigenvalue weighted by molar-refractivity contribution is 8.18. The zero-order valence-electron chi connectivity index (χ0n) is 14.9. The van der Waals surface area contributed by atoms with E-state index in [9.17, 15) is 19.7 Å². The van der Waals surface area contributed by atoms with Crippen molar-refractivity contribution in [1.29, 1.82) is 0 Å². The van der Waals surface area contributed by atoms with Crippen LogP contribution in [-0.2, 0) is 11.3 Å². The Kier molecular flexibility index (Phi) is 5.08. The largest absolute Gasteiger partial charge is 0.293 e. The molecule has 0 N–H and O–H groups in total. The summed E-state index contributed by atoms with van der Waals surface area (Å²) in [5.41, 5.74) is 1.02. The second-order valence-corrected chi connectivity index (χ2v) is 7.82. The molecule has 1 aliphatic heterocycles. The lowest BCUT2D eigenvalue weighted by molar-refractivity contribution is -0.384. The smallest absolute Gasteiger partial charge is 0.268 e. The van der Waals surface area contributed by atoms with E-state index in [1.54, 1.807) is 6.07 Å². The van der Waals surface area contributed by atoms with Crippen LogP contribution in [0.4, 0.5) is 10.5 Å². The fraction of sp³-hybridized carbons (Fsp3) is 0.0476. The first-order valence-corrected chi connectivity index (χ1v) is 9.79. The molecule has 6 nitrogen and oxygen atoms in total. The van der Waals surface area contributed by atoms with E-state index in [1.165, 1.54) is 23.1 Å². The summed E-state index contributed by atoms with van der Waals surface area (Å²) >= 11 is 6.63. The topological polar surface area (TPSA) is 80.5 Å². The zero-order chi connectivity index (χ0) is 20.5. The summed E-state index contributed by atoms with van der Waals surface area (Å²) in [4.78, 5) is 36.9. The van der Waals surface area contributed by atoms with Gasteiger partial charge in [-0.2, -0.15) is 0 Å². The van der Waals surface area contributed by atoms with Crippen LogP contribution in [0.2, 0.25) is 5.02 Å². The van der Waals surface area contributed by atoms with Crippen LogP contribution >= 0.6 is 23.4 Å². The van der Waals surface area contributed by atoms with Gasteiger partial charge in [0.15, 0.2) is 0 Å². The highest BCUT2D eigenvalue weighted by Crippen LogP contribution is 2.35. The third-order valence-electron chi connectivity index (χ3n) is 4.49. The van der Waals surface area contributed by atoms with Crippen molar-refractivity contribution in [3.63, 3.8) is 0 Å². The standard InChI is InChI=1S/C21H13ClN2O4S/c22-17-8-6-13(10-18(17)24(27)28)11-19-20(25)23(21(26)29-19)12-14-5-7-15-3-1-2-4-16(15)9-14/h1-11H,12H2/b19-11+. The number of hydrogen-bond donors (Lipinski definition) is 0. The molecule has 0 saturated carbocycles. The Bertz CT molecular complexity index is 1210. The van der Waals surface area contributed by atoms with Crippen molar-refractivity contribution in [3.05, 3.63) is 91.8 Å². The lowest BCUT2D eigenvalue weighted by atomic mass is 10.1. The fourth-order valence-corrected chi connectivity index (χ4v) is 4.09. The predicted molar refractivity (Wildman–Crippen MR) is 114 cm³/mol. The average molecular weight is 425 g/mol. The van der Waals surface area contributed by atoms with Gasteiger partial charge in [0.25, 0.3) is 16.8 Å². The normalized spacial score (nSPS) is 15.5. The van der Waals surface area contributed by atoms with Crippen molar-refractivity contribution in [2.24, 2.45) is 0 Å². The van der Waals surface area contributed by atoms with Gasteiger partial charge in [0, 0.05) is 6.07 Å². The number of halogens is 1. The van der Waals surface area contributed by atoms with E-state index < -0.39 is 10.8 Å². The summed E-state index contributed by atoms with van der Waals surface area (Å²) in [5, 5.41) is 12.8. The van der Waals surface area contributed by atoms with Gasteiger partial charge in [0.2, 0.25) is 0 Å². The third kappa shape index (κ3) is 3.87. The van der Waals surface area contributed by atoms with Gasteiger partial charge in [-0.25, -0.2) is 0 Å². The predicted octanol–water partition coefficient (Wildman–Crippen LogP) is 5.64. The minimum atomic E-state index is -0.592. The molecule has 0 aliphatic carbocycles. The molecule has 1 fully saturated rings. The van der Waals surface area contributed by atoms with Crippen LogP contribution in [0, 0.1) is 10.1 Å². The van der Waals surface area contributed by atoms with Crippen molar-refractivity contribution in [3.8, 4) is 0 Å². The molecule has 0 bridgehead atoms. The van der Waals surface area contributed by atoms with E-state index in [1.807, 2.05) is 42.5 Å². The van der Waals surface area contributed by atoms with Gasteiger partial charge in [-0.05, 0) is 51.9 Å². The number of carbonyl (C=O) groups is 2.